The van der Waals surface area contributed by atoms with Gasteiger partial charge in [-0.05, 0) is 36.5 Å². The molecule has 0 amide bonds. The van der Waals surface area contributed by atoms with E-state index in [9.17, 15) is 0 Å². The Kier molecular flexibility index (Phi) is 3.96. The van der Waals surface area contributed by atoms with Crippen molar-refractivity contribution in [2.75, 3.05) is 0 Å². The minimum atomic E-state index is 0.448. The zero-order valence-electron chi connectivity index (χ0n) is 11.9. The van der Waals surface area contributed by atoms with Crippen LogP contribution in [0.25, 0.3) is 11.0 Å². The van der Waals surface area contributed by atoms with Gasteiger partial charge in [-0.25, -0.2) is 4.98 Å². The Labute approximate surface area is 130 Å². The van der Waals surface area contributed by atoms with Crippen molar-refractivity contribution >= 4 is 34.2 Å². The Morgan fingerprint density at radius 2 is 2.10 bits per heavy atom. The molecule has 0 radical (unpaired) electrons. The summed E-state index contributed by atoms with van der Waals surface area (Å²) in [6, 6.07) is 6.38. The highest BCUT2D eigenvalue weighted by Crippen LogP contribution is 2.40. The minimum Gasteiger partial charge on any atom is -0.324 e. The van der Waals surface area contributed by atoms with Crippen LogP contribution in [0.3, 0.4) is 0 Å². The van der Waals surface area contributed by atoms with Gasteiger partial charge in [0.15, 0.2) is 0 Å². The van der Waals surface area contributed by atoms with Crippen molar-refractivity contribution in [2.45, 2.75) is 45.0 Å². The molecule has 0 aliphatic heterocycles. The normalized spacial score (nSPS) is 27.1. The monoisotopic (exact) mass is 310 g/mol. The largest absolute Gasteiger partial charge is 0.324 e. The SMILES string of the molecule is CC1CCCC(n2c(CCl)nc3ccc(Cl)cc32)C1C. The third-order valence-corrected chi connectivity index (χ3v) is 5.31. The zero-order valence-corrected chi connectivity index (χ0v) is 13.5. The first kappa shape index (κ1) is 14.2. The highest BCUT2D eigenvalue weighted by molar-refractivity contribution is 6.31. The topological polar surface area (TPSA) is 17.8 Å². The summed E-state index contributed by atoms with van der Waals surface area (Å²) < 4.78 is 2.34. The van der Waals surface area contributed by atoms with Crippen LogP contribution < -0.4 is 0 Å². The molecule has 1 aliphatic carbocycles. The van der Waals surface area contributed by atoms with Crippen molar-refractivity contribution < 1.29 is 0 Å². The zero-order chi connectivity index (χ0) is 14.3. The molecule has 2 aromatic rings. The fourth-order valence-electron chi connectivity index (χ4n) is 3.50. The second kappa shape index (κ2) is 5.57. The van der Waals surface area contributed by atoms with Gasteiger partial charge in [0.05, 0.1) is 16.9 Å². The highest BCUT2D eigenvalue weighted by atomic mass is 35.5. The molecule has 0 saturated heterocycles. The number of alkyl halides is 1. The molecular weight excluding hydrogens is 291 g/mol. The molecule has 1 heterocycles. The maximum absolute atomic E-state index is 6.17. The Morgan fingerprint density at radius 3 is 2.85 bits per heavy atom. The molecular formula is C16H20Cl2N2. The second-order valence-electron chi connectivity index (χ2n) is 6.00. The van der Waals surface area contributed by atoms with E-state index in [0.717, 1.165) is 27.8 Å². The summed E-state index contributed by atoms with van der Waals surface area (Å²) >= 11 is 12.3. The van der Waals surface area contributed by atoms with Crippen LogP contribution >= 0.6 is 23.2 Å². The van der Waals surface area contributed by atoms with E-state index in [4.69, 9.17) is 23.2 Å². The van der Waals surface area contributed by atoms with E-state index in [1.54, 1.807) is 0 Å². The van der Waals surface area contributed by atoms with Crippen molar-refractivity contribution in [2.24, 2.45) is 11.8 Å². The first-order valence-electron chi connectivity index (χ1n) is 7.34. The third-order valence-electron chi connectivity index (χ3n) is 4.84. The van der Waals surface area contributed by atoms with E-state index >= 15 is 0 Å². The van der Waals surface area contributed by atoms with E-state index in [-0.39, 0.29) is 0 Å². The molecule has 1 aliphatic rings. The molecule has 3 unspecified atom stereocenters. The quantitative estimate of drug-likeness (QED) is 0.677. The summed E-state index contributed by atoms with van der Waals surface area (Å²) in [4.78, 5) is 4.68. The summed E-state index contributed by atoms with van der Waals surface area (Å²) in [5, 5.41) is 0.760. The van der Waals surface area contributed by atoms with Gasteiger partial charge in [0.25, 0.3) is 0 Å². The van der Waals surface area contributed by atoms with E-state index in [2.05, 4.69) is 23.4 Å². The predicted molar refractivity (Wildman–Crippen MR) is 85.5 cm³/mol. The van der Waals surface area contributed by atoms with Gasteiger partial charge in [0.2, 0.25) is 0 Å². The molecule has 3 rings (SSSR count). The molecule has 0 bridgehead atoms. The van der Waals surface area contributed by atoms with Crippen LogP contribution in [-0.4, -0.2) is 9.55 Å². The first-order chi connectivity index (χ1) is 9.61. The maximum Gasteiger partial charge on any atom is 0.125 e. The number of fused-ring (bicyclic) bond motifs is 1. The number of rotatable bonds is 2. The van der Waals surface area contributed by atoms with E-state index in [1.807, 2.05) is 18.2 Å². The van der Waals surface area contributed by atoms with Crippen molar-refractivity contribution in [3.63, 3.8) is 0 Å². The molecule has 0 N–H and O–H groups in total. The molecule has 2 nitrogen and oxygen atoms in total. The van der Waals surface area contributed by atoms with Gasteiger partial charge in [-0.2, -0.15) is 0 Å². The average Bonchev–Trinajstić information content (AvgIpc) is 2.79. The highest BCUT2D eigenvalue weighted by Gasteiger charge is 2.30. The lowest BCUT2D eigenvalue weighted by Gasteiger charge is -2.36. The maximum atomic E-state index is 6.17. The summed E-state index contributed by atoms with van der Waals surface area (Å²) in [5.74, 6) is 2.80. The first-order valence-corrected chi connectivity index (χ1v) is 8.25. The predicted octanol–water partition coefficient (Wildman–Crippen LogP) is 5.43. The molecule has 4 heteroatoms. The number of halogens is 2. The van der Waals surface area contributed by atoms with Gasteiger partial charge in [-0.3, -0.25) is 0 Å². The van der Waals surface area contributed by atoms with Crippen molar-refractivity contribution in [1.82, 2.24) is 9.55 Å². The Bertz CT molecular complexity index is 620. The summed E-state index contributed by atoms with van der Waals surface area (Å²) in [6.07, 6.45) is 3.80. The van der Waals surface area contributed by atoms with Crippen molar-refractivity contribution in [3.05, 3.63) is 29.0 Å². The number of aromatic nitrogens is 2. The van der Waals surface area contributed by atoms with Gasteiger partial charge >= 0.3 is 0 Å². The molecule has 20 heavy (non-hydrogen) atoms. The van der Waals surface area contributed by atoms with Gasteiger partial charge in [-0.1, -0.05) is 38.3 Å². The Morgan fingerprint density at radius 1 is 1.30 bits per heavy atom. The molecule has 1 saturated carbocycles. The van der Waals surface area contributed by atoms with Gasteiger partial charge in [0, 0.05) is 11.1 Å². The molecule has 1 aromatic carbocycles. The fraction of sp³-hybridized carbons (Fsp3) is 0.562. The lowest BCUT2D eigenvalue weighted by molar-refractivity contribution is 0.187. The lowest BCUT2D eigenvalue weighted by atomic mass is 9.78. The van der Waals surface area contributed by atoms with E-state index in [1.165, 1.54) is 19.3 Å². The third kappa shape index (κ3) is 2.33. The van der Waals surface area contributed by atoms with E-state index < -0.39 is 0 Å². The van der Waals surface area contributed by atoms with Crippen LogP contribution in [0.2, 0.25) is 5.02 Å². The number of hydrogen-bond acceptors (Lipinski definition) is 1. The number of nitrogens with zero attached hydrogens (tertiary/aromatic N) is 2. The Hall–Kier alpha value is -0.730. The molecule has 1 fully saturated rings. The van der Waals surface area contributed by atoms with Crippen LogP contribution in [0.1, 0.15) is 45.0 Å². The van der Waals surface area contributed by atoms with Gasteiger partial charge in [-0.15, -0.1) is 11.6 Å². The Balaban J connectivity index is 2.15. The van der Waals surface area contributed by atoms with Gasteiger partial charge in [0.1, 0.15) is 5.82 Å². The number of imidazole rings is 1. The summed E-state index contributed by atoms with van der Waals surface area (Å²) in [7, 11) is 0. The smallest absolute Gasteiger partial charge is 0.125 e. The molecule has 1 aromatic heterocycles. The molecule has 108 valence electrons. The standard InChI is InChI=1S/C16H20Cl2N2/c1-10-4-3-5-14(11(10)2)20-15-8-12(18)6-7-13(15)19-16(20)9-17/h6-8,10-11,14H,3-5,9H2,1-2H3. The van der Waals surface area contributed by atoms with Crippen LogP contribution in [-0.2, 0) is 5.88 Å². The van der Waals surface area contributed by atoms with Crippen molar-refractivity contribution in [1.29, 1.82) is 0 Å². The van der Waals surface area contributed by atoms with Gasteiger partial charge < -0.3 is 4.57 Å². The molecule has 3 atom stereocenters. The lowest BCUT2D eigenvalue weighted by Crippen LogP contribution is -2.27. The van der Waals surface area contributed by atoms with Crippen LogP contribution in [0.4, 0.5) is 0 Å². The van der Waals surface area contributed by atoms with Crippen LogP contribution in [0, 0.1) is 11.8 Å². The van der Waals surface area contributed by atoms with Crippen LogP contribution in [0.15, 0.2) is 18.2 Å². The van der Waals surface area contributed by atoms with Crippen molar-refractivity contribution in [3.8, 4) is 0 Å². The van der Waals surface area contributed by atoms with E-state index in [0.29, 0.717) is 17.8 Å². The number of benzene rings is 1. The van der Waals surface area contributed by atoms with Crippen LogP contribution in [0.5, 0.6) is 0 Å². The molecule has 0 spiro atoms. The minimum absolute atomic E-state index is 0.448. The second-order valence-corrected chi connectivity index (χ2v) is 6.70. The average molecular weight is 311 g/mol. The summed E-state index contributed by atoms with van der Waals surface area (Å²) in [5.41, 5.74) is 2.12. The fourth-order valence-corrected chi connectivity index (χ4v) is 3.85. The number of hydrogen-bond donors (Lipinski definition) is 0. The summed E-state index contributed by atoms with van der Waals surface area (Å²) in [6.45, 7) is 4.70.